The van der Waals surface area contributed by atoms with E-state index < -0.39 is 0 Å². The van der Waals surface area contributed by atoms with E-state index in [-0.39, 0.29) is 18.0 Å². The Hall–Kier alpha value is -2.89. The monoisotopic (exact) mass is 311 g/mol. The minimum absolute atomic E-state index is 0.0487. The number of carbonyl (C=O) groups is 1. The van der Waals surface area contributed by atoms with Crippen molar-refractivity contribution < 1.29 is 9.21 Å². The van der Waals surface area contributed by atoms with Gasteiger partial charge in [0.25, 0.3) is 5.56 Å². The van der Waals surface area contributed by atoms with E-state index in [1.807, 2.05) is 19.1 Å². The summed E-state index contributed by atoms with van der Waals surface area (Å²) >= 11 is 0. The van der Waals surface area contributed by atoms with Crippen molar-refractivity contribution in [3.63, 3.8) is 0 Å². The number of amides is 1. The predicted molar refractivity (Wildman–Crippen MR) is 85.9 cm³/mol. The van der Waals surface area contributed by atoms with E-state index in [1.165, 1.54) is 15.8 Å². The first kappa shape index (κ1) is 15.0. The first-order valence-corrected chi connectivity index (χ1v) is 7.27. The van der Waals surface area contributed by atoms with Crippen molar-refractivity contribution >= 4 is 16.8 Å². The van der Waals surface area contributed by atoms with Crippen molar-refractivity contribution in [3.05, 3.63) is 64.6 Å². The third kappa shape index (κ3) is 3.01. The maximum atomic E-state index is 12.5. The number of rotatable bonds is 4. The maximum Gasteiger partial charge on any atom is 0.261 e. The Bertz CT molecular complexity index is 897. The molecule has 0 fully saturated rings. The predicted octanol–water partition coefficient (Wildman–Crippen LogP) is 1.96. The van der Waals surface area contributed by atoms with Gasteiger partial charge in [-0.1, -0.05) is 12.1 Å². The van der Waals surface area contributed by atoms with Crippen LogP contribution in [0.3, 0.4) is 0 Å². The van der Waals surface area contributed by atoms with E-state index in [9.17, 15) is 9.59 Å². The van der Waals surface area contributed by atoms with E-state index >= 15 is 0 Å². The molecule has 2 aromatic heterocycles. The van der Waals surface area contributed by atoms with E-state index in [4.69, 9.17) is 4.42 Å². The SMILES string of the molecule is Cc1cccc2c(=O)n(CC(=O)N(C)Cc3ccco3)cnc12. The molecule has 1 amide bonds. The molecule has 1 aromatic carbocycles. The van der Waals surface area contributed by atoms with Crippen molar-refractivity contribution in [2.45, 2.75) is 20.0 Å². The second kappa shape index (κ2) is 6.08. The Balaban J connectivity index is 1.82. The summed E-state index contributed by atoms with van der Waals surface area (Å²) in [6.45, 7) is 2.22. The van der Waals surface area contributed by atoms with Crippen LogP contribution in [-0.2, 0) is 17.9 Å². The average Bonchev–Trinajstić information content (AvgIpc) is 3.03. The summed E-state index contributed by atoms with van der Waals surface area (Å²) in [5.41, 5.74) is 1.40. The summed E-state index contributed by atoms with van der Waals surface area (Å²) in [7, 11) is 1.68. The van der Waals surface area contributed by atoms with Gasteiger partial charge in [-0.05, 0) is 30.7 Å². The molecule has 0 saturated carbocycles. The molecule has 0 spiro atoms. The fourth-order valence-electron chi connectivity index (χ4n) is 2.44. The first-order valence-electron chi connectivity index (χ1n) is 7.27. The van der Waals surface area contributed by atoms with Gasteiger partial charge in [-0.3, -0.25) is 14.2 Å². The fraction of sp³-hybridized carbons (Fsp3) is 0.235. The number of carbonyl (C=O) groups excluding carboxylic acids is 1. The number of fused-ring (bicyclic) bond motifs is 1. The molecular weight excluding hydrogens is 294 g/mol. The molecule has 6 heteroatoms. The van der Waals surface area contributed by atoms with Crippen LogP contribution in [0.1, 0.15) is 11.3 Å². The summed E-state index contributed by atoms with van der Waals surface area (Å²) in [5, 5.41) is 0.522. The molecular formula is C17H17N3O3. The fourth-order valence-corrected chi connectivity index (χ4v) is 2.44. The Morgan fingerprint density at radius 1 is 1.30 bits per heavy atom. The van der Waals surface area contributed by atoms with Gasteiger partial charge in [-0.2, -0.15) is 0 Å². The van der Waals surface area contributed by atoms with Crippen LogP contribution in [0, 0.1) is 6.92 Å². The minimum atomic E-state index is -0.210. The number of nitrogens with zero attached hydrogens (tertiary/aromatic N) is 3. The lowest BCUT2D eigenvalue weighted by molar-refractivity contribution is -0.131. The van der Waals surface area contributed by atoms with Crippen LogP contribution < -0.4 is 5.56 Å². The van der Waals surface area contributed by atoms with Gasteiger partial charge in [0.05, 0.1) is 30.0 Å². The van der Waals surface area contributed by atoms with Gasteiger partial charge in [-0.15, -0.1) is 0 Å². The van der Waals surface area contributed by atoms with Crippen LogP contribution in [0.4, 0.5) is 0 Å². The highest BCUT2D eigenvalue weighted by Gasteiger charge is 2.13. The van der Waals surface area contributed by atoms with Crippen LogP contribution in [-0.4, -0.2) is 27.4 Å². The average molecular weight is 311 g/mol. The molecule has 0 aliphatic rings. The topological polar surface area (TPSA) is 68.3 Å². The van der Waals surface area contributed by atoms with E-state index in [1.54, 1.807) is 31.5 Å². The summed E-state index contributed by atoms with van der Waals surface area (Å²) in [5.74, 6) is 0.512. The minimum Gasteiger partial charge on any atom is -0.467 e. The third-order valence-corrected chi connectivity index (χ3v) is 3.76. The molecule has 6 nitrogen and oxygen atoms in total. The van der Waals surface area contributed by atoms with Gasteiger partial charge in [0.15, 0.2) is 0 Å². The Morgan fingerprint density at radius 2 is 2.13 bits per heavy atom. The van der Waals surface area contributed by atoms with E-state index in [0.29, 0.717) is 23.2 Å². The van der Waals surface area contributed by atoms with Crippen LogP contribution >= 0.6 is 0 Å². The van der Waals surface area contributed by atoms with E-state index in [2.05, 4.69) is 4.98 Å². The summed E-state index contributed by atoms with van der Waals surface area (Å²) < 4.78 is 6.56. The molecule has 3 rings (SSSR count). The number of furan rings is 1. The highest BCUT2D eigenvalue weighted by atomic mass is 16.3. The second-order valence-corrected chi connectivity index (χ2v) is 5.48. The van der Waals surface area contributed by atoms with Crippen molar-refractivity contribution in [2.24, 2.45) is 0 Å². The molecule has 0 N–H and O–H groups in total. The zero-order chi connectivity index (χ0) is 16.4. The maximum absolute atomic E-state index is 12.5. The smallest absolute Gasteiger partial charge is 0.261 e. The van der Waals surface area contributed by atoms with Gasteiger partial charge in [0.1, 0.15) is 12.3 Å². The molecule has 0 atom stereocenters. The van der Waals surface area contributed by atoms with Gasteiger partial charge in [0.2, 0.25) is 5.91 Å². The standard InChI is InChI=1S/C17H17N3O3/c1-12-5-3-7-14-16(12)18-11-20(17(14)22)10-15(21)19(2)9-13-6-4-8-23-13/h3-8,11H,9-10H2,1-2H3. The van der Waals surface area contributed by atoms with Crippen LogP contribution in [0.25, 0.3) is 10.9 Å². The number of likely N-dealkylation sites (N-methyl/N-ethyl adjacent to an activating group) is 1. The third-order valence-electron chi connectivity index (χ3n) is 3.76. The van der Waals surface area contributed by atoms with Crippen molar-refractivity contribution in [3.8, 4) is 0 Å². The molecule has 0 bridgehead atoms. The zero-order valence-electron chi connectivity index (χ0n) is 13.0. The van der Waals surface area contributed by atoms with Gasteiger partial charge in [0, 0.05) is 7.05 Å². The van der Waals surface area contributed by atoms with Crippen LogP contribution in [0.15, 0.2) is 52.1 Å². The largest absolute Gasteiger partial charge is 0.467 e. The molecule has 23 heavy (non-hydrogen) atoms. The summed E-state index contributed by atoms with van der Waals surface area (Å²) in [4.78, 5) is 30.6. The highest BCUT2D eigenvalue weighted by molar-refractivity contribution is 5.81. The van der Waals surface area contributed by atoms with Crippen molar-refractivity contribution in [1.29, 1.82) is 0 Å². The first-order chi connectivity index (χ1) is 11.1. The molecule has 118 valence electrons. The molecule has 0 aliphatic heterocycles. The number of aromatic nitrogens is 2. The van der Waals surface area contributed by atoms with Gasteiger partial charge < -0.3 is 9.32 Å². The Kier molecular flexibility index (Phi) is 3.97. The zero-order valence-corrected chi connectivity index (χ0v) is 13.0. The number of hydrogen-bond acceptors (Lipinski definition) is 4. The van der Waals surface area contributed by atoms with Gasteiger partial charge >= 0.3 is 0 Å². The van der Waals surface area contributed by atoms with Gasteiger partial charge in [-0.25, -0.2) is 4.98 Å². The number of benzene rings is 1. The van der Waals surface area contributed by atoms with E-state index in [0.717, 1.165) is 5.56 Å². The number of hydrogen-bond donors (Lipinski definition) is 0. The Labute approximate surface area is 133 Å². The molecule has 2 heterocycles. The molecule has 3 aromatic rings. The van der Waals surface area contributed by atoms with Crippen LogP contribution in [0.2, 0.25) is 0 Å². The molecule has 0 unspecified atom stereocenters. The lowest BCUT2D eigenvalue weighted by atomic mass is 10.1. The quantitative estimate of drug-likeness (QED) is 0.738. The Morgan fingerprint density at radius 3 is 2.87 bits per heavy atom. The normalized spacial score (nSPS) is 10.9. The number of aryl methyl sites for hydroxylation is 1. The van der Waals surface area contributed by atoms with Crippen molar-refractivity contribution in [1.82, 2.24) is 14.5 Å². The highest BCUT2D eigenvalue weighted by Crippen LogP contribution is 2.11. The second-order valence-electron chi connectivity index (χ2n) is 5.48. The van der Waals surface area contributed by atoms with Crippen molar-refractivity contribution in [2.75, 3.05) is 7.05 Å². The number of para-hydroxylation sites is 1. The molecule has 0 aliphatic carbocycles. The summed E-state index contributed by atoms with van der Waals surface area (Å²) in [6.07, 6.45) is 2.99. The lowest BCUT2D eigenvalue weighted by Crippen LogP contribution is -2.33. The molecule has 0 saturated heterocycles. The van der Waals surface area contributed by atoms with Crippen LogP contribution in [0.5, 0.6) is 0 Å². The summed E-state index contributed by atoms with van der Waals surface area (Å²) in [6, 6.07) is 9.02. The molecule has 0 radical (unpaired) electrons. The lowest BCUT2D eigenvalue weighted by Gasteiger charge is -2.16.